The summed E-state index contributed by atoms with van der Waals surface area (Å²) in [5.74, 6) is 0.0607. The molecule has 0 bridgehead atoms. The van der Waals surface area contributed by atoms with E-state index < -0.39 is 6.04 Å². The van der Waals surface area contributed by atoms with Crippen molar-refractivity contribution >= 4 is 17.7 Å². The quantitative estimate of drug-likeness (QED) is 0.542. The van der Waals surface area contributed by atoms with Gasteiger partial charge in [-0.3, -0.25) is 14.4 Å². The van der Waals surface area contributed by atoms with E-state index in [0.29, 0.717) is 19.6 Å². The molecule has 1 atom stereocenters. The van der Waals surface area contributed by atoms with Crippen LogP contribution in [-0.4, -0.2) is 72.8 Å². The van der Waals surface area contributed by atoms with Crippen LogP contribution in [0.2, 0.25) is 0 Å². The second kappa shape index (κ2) is 5.40. The Morgan fingerprint density at radius 2 is 1.95 bits per heavy atom. The van der Waals surface area contributed by atoms with Crippen LogP contribution in [0.25, 0.3) is 0 Å². The number of nitrogens with two attached hydrogens (primary N) is 1. The summed E-state index contributed by atoms with van der Waals surface area (Å²) in [7, 11) is 0. The number of fused-ring (bicyclic) bond motifs is 1. The molecule has 3 rings (SSSR count). The number of nitrogens with one attached hydrogen (secondary N) is 1. The molecule has 0 aromatic carbocycles. The molecule has 0 radical (unpaired) electrons. The first kappa shape index (κ1) is 13.4. The fraction of sp³-hybridized carbons (Fsp3) is 0.769. The average Bonchev–Trinajstić information content (AvgIpc) is 2.51. The first-order chi connectivity index (χ1) is 9.66. The number of carbonyl (C=O) groups is 3. The Hall–Kier alpha value is -1.63. The summed E-state index contributed by atoms with van der Waals surface area (Å²) in [4.78, 5) is 39.5. The molecule has 0 aromatic rings. The lowest BCUT2D eigenvalue weighted by Crippen LogP contribution is -2.86. The maximum Gasteiger partial charge on any atom is 0.245 e. The lowest BCUT2D eigenvalue weighted by Gasteiger charge is -2.43. The van der Waals surface area contributed by atoms with E-state index in [1.165, 1.54) is 0 Å². The highest BCUT2D eigenvalue weighted by Crippen LogP contribution is 2.18. The van der Waals surface area contributed by atoms with Gasteiger partial charge in [-0.15, -0.1) is 0 Å². The van der Waals surface area contributed by atoms with Gasteiger partial charge in [0.15, 0.2) is 0 Å². The Kier molecular flexibility index (Phi) is 3.60. The summed E-state index contributed by atoms with van der Waals surface area (Å²) in [6, 6.07) is -0.496. The minimum absolute atomic E-state index is 0.0473. The van der Waals surface area contributed by atoms with E-state index in [0.717, 1.165) is 25.9 Å². The maximum absolute atomic E-state index is 12.5. The Morgan fingerprint density at radius 1 is 1.20 bits per heavy atom. The third kappa shape index (κ3) is 2.37. The molecule has 0 saturated carbocycles. The summed E-state index contributed by atoms with van der Waals surface area (Å²) in [5, 5.41) is 4.83. The highest BCUT2D eigenvalue weighted by atomic mass is 16.2. The zero-order valence-electron chi connectivity index (χ0n) is 11.5. The predicted octanol–water partition coefficient (Wildman–Crippen LogP) is -2.87. The van der Waals surface area contributed by atoms with Gasteiger partial charge in [0, 0.05) is 31.8 Å². The van der Waals surface area contributed by atoms with Crippen LogP contribution in [0.1, 0.15) is 12.8 Å². The van der Waals surface area contributed by atoms with Gasteiger partial charge in [0.25, 0.3) is 0 Å². The molecule has 0 unspecified atom stereocenters. The Balaban J connectivity index is 1.66. The van der Waals surface area contributed by atoms with Crippen LogP contribution in [-0.2, 0) is 14.4 Å². The van der Waals surface area contributed by atoms with E-state index in [1.54, 1.807) is 9.80 Å². The fourth-order valence-electron chi connectivity index (χ4n) is 3.32. The van der Waals surface area contributed by atoms with Gasteiger partial charge >= 0.3 is 0 Å². The number of piperazine rings is 2. The van der Waals surface area contributed by atoms with Crippen LogP contribution in [0.5, 0.6) is 0 Å². The normalized spacial score (nSPS) is 28.1. The van der Waals surface area contributed by atoms with Crippen molar-refractivity contribution in [1.29, 1.82) is 0 Å². The predicted molar refractivity (Wildman–Crippen MR) is 69.5 cm³/mol. The number of quaternary nitrogens is 1. The zero-order valence-corrected chi connectivity index (χ0v) is 11.5. The standard InChI is InChI=1S/C13H20N4O3/c18-11-7-15-12(19)10-8-16(5-6-17(10)11)13(20)9-1-3-14-4-2-9/h9-10,14H,1-8H2,(H,15,19)/p+1/t10-/m1/s1. The van der Waals surface area contributed by atoms with Gasteiger partial charge in [-0.2, -0.15) is 0 Å². The highest BCUT2D eigenvalue weighted by Gasteiger charge is 2.41. The molecule has 0 spiro atoms. The van der Waals surface area contributed by atoms with E-state index in [4.69, 9.17) is 0 Å². The molecular formula is C13H21N4O3+. The summed E-state index contributed by atoms with van der Waals surface area (Å²) >= 11 is 0. The molecule has 110 valence electrons. The van der Waals surface area contributed by atoms with Crippen LogP contribution in [0.4, 0.5) is 0 Å². The van der Waals surface area contributed by atoms with Gasteiger partial charge in [0.1, 0.15) is 6.04 Å². The second-order valence-electron chi connectivity index (χ2n) is 5.75. The molecule has 7 heteroatoms. The van der Waals surface area contributed by atoms with Crippen molar-refractivity contribution in [2.75, 3.05) is 39.3 Å². The SMILES string of the molecule is O=C1NCC(=O)N2CCN(C(=O)C3CC[NH2+]CC3)C[C@H]12. The van der Waals surface area contributed by atoms with Crippen LogP contribution in [0, 0.1) is 5.92 Å². The first-order valence-corrected chi connectivity index (χ1v) is 7.34. The van der Waals surface area contributed by atoms with Crippen LogP contribution in [0.15, 0.2) is 0 Å². The molecule has 0 aliphatic carbocycles. The molecule has 3 aliphatic rings. The van der Waals surface area contributed by atoms with Crippen molar-refractivity contribution in [2.24, 2.45) is 5.92 Å². The monoisotopic (exact) mass is 281 g/mol. The molecule has 3 amide bonds. The van der Waals surface area contributed by atoms with Gasteiger partial charge in [0.05, 0.1) is 26.2 Å². The smallest absolute Gasteiger partial charge is 0.245 e. The van der Waals surface area contributed by atoms with Crippen LogP contribution in [0.3, 0.4) is 0 Å². The number of nitrogens with zero attached hydrogens (tertiary/aromatic N) is 2. The van der Waals surface area contributed by atoms with Crippen molar-refractivity contribution in [3.63, 3.8) is 0 Å². The summed E-state index contributed by atoms with van der Waals surface area (Å²) in [6.07, 6.45) is 1.82. The van der Waals surface area contributed by atoms with E-state index in [1.807, 2.05) is 0 Å². The van der Waals surface area contributed by atoms with Crippen LogP contribution >= 0.6 is 0 Å². The van der Waals surface area contributed by atoms with E-state index in [-0.39, 0.29) is 30.2 Å². The summed E-state index contributed by atoms with van der Waals surface area (Å²) < 4.78 is 0. The third-order valence-electron chi connectivity index (χ3n) is 4.52. The molecule has 0 aromatic heterocycles. The van der Waals surface area contributed by atoms with Gasteiger partial charge in [0.2, 0.25) is 17.7 Å². The summed E-state index contributed by atoms with van der Waals surface area (Å²) in [5.41, 5.74) is 0. The van der Waals surface area contributed by atoms with Crippen molar-refractivity contribution < 1.29 is 19.7 Å². The van der Waals surface area contributed by atoms with E-state index >= 15 is 0 Å². The number of carbonyl (C=O) groups excluding carboxylic acids is 3. The maximum atomic E-state index is 12.5. The third-order valence-corrected chi connectivity index (χ3v) is 4.52. The minimum Gasteiger partial charge on any atom is -0.346 e. The average molecular weight is 281 g/mol. The molecule has 20 heavy (non-hydrogen) atoms. The minimum atomic E-state index is -0.496. The number of amides is 3. The van der Waals surface area contributed by atoms with Gasteiger partial charge in [-0.1, -0.05) is 0 Å². The van der Waals surface area contributed by atoms with Gasteiger partial charge in [-0.05, 0) is 0 Å². The van der Waals surface area contributed by atoms with Crippen molar-refractivity contribution in [1.82, 2.24) is 15.1 Å². The topological polar surface area (TPSA) is 86.3 Å². The molecule has 7 nitrogen and oxygen atoms in total. The van der Waals surface area contributed by atoms with Crippen molar-refractivity contribution in [2.45, 2.75) is 18.9 Å². The Labute approximate surface area is 117 Å². The molecule has 3 heterocycles. The fourth-order valence-corrected chi connectivity index (χ4v) is 3.32. The largest absolute Gasteiger partial charge is 0.346 e. The molecule has 3 fully saturated rings. The lowest BCUT2D eigenvalue weighted by atomic mass is 9.95. The number of rotatable bonds is 1. The number of hydrogen-bond donors (Lipinski definition) is 2. The summed E-state index contributed by atoms with van der Waals surface area (Å²) in [6.45, 7) is 3.45. The lowest BCUT2D eigenvalue weighted by molar-refractivity contribution is -0.664. The van der Waals surface area contributed by atoms with E-state index in [9.17, 15) is 14.4 Å². The first-order valence-electron chi connectivity index (χ1n) is 7.34. The Morgan fingerprint density at radius 3 is 2.70 bits per heavy atom. The Bertz CT molecular complexity index is 433. The molecule has 3 N–H and O–H groups in total. The molecule has 3 aliphatic heterocycles. The number of hydrogen-bond acceptors (Lipinski definition) is 3. The van der Waals surface area contributed by atoms with Gasteiger partial charge in [-0.25, -0.2) is 0 Å². The van der Waals surface area contributed by atoms with Crippen LogP contribution < -0.4 is 10.6 Å². The highest BCUT2D eigenvalue weighted by molar-refractivity contribution is 5.95. The molecular weight excluding hydrogens is 260 g/mol. The van der Waals surface area contributed by atoms with E-state index in [2.05, 4.69) is 10.6 Å². The zero-order chi connectivity index (χ0) is 14.1. The molecule has 3 saturated heterocycles. The van der Waals surface area contributed by atoms with Crippen molar-refractivity contribution in [3.8, 4) is 0 Å². The number of piperidine rings is 1. The van der Waals surface area contributed by atoms with Gasteiger partial charge < -0.3 is 20.4 Å². The van der Waals surface area contributed by atoms with Crippen molar-refractivity contribution in [3.05, 3.63) is 0 Å². The second-order valence-corrected chi connectivity index (χ2v) is 5.75.